The summed E-state index contributed by atoms with van der Waals surface area (Å²) in [6.07, 6.45) is 4.64. The maximum Gasteiger partial charge on any atom is 0.131 e. The Labute approximate surface area is 93.4 Å². The van der Waals surface area contributed by atoms with Crippen molar-refractivity contribution in [3.8, 4) is 11.1 Å². The van der Waals surface area contributed by atoms with Crippen LogP contribution in [-0.4, -0.2) is 17.0 Å². The van der Waals surface area contributed by atoms with Crippen molar-refractivity contribution in [1.29, 1.82) is 0 Å². The van der Waals surface area contributed by atoms with E-state index in [1.165, 1.54) is 12.4 Å². The van der Waals surface area contributed by atoms with Crippen molar-refractivity contribution in [2.75, 3.05) is 7.05 Å². The van der Waals surface area contributed by atoms with Gasteiger partial charge in [-0.1, -0.05) is 6.07 Å². The Bertz CT molecular complexity index is 471. The minimum absolute atomic E-state index is 0.255. The Kier molecular flexibility index (Phi) is 3.22. The van der Waals surface area contributed by atoms with Gasteiger partial charge in [0.15, 0.2) is 0 Å². The lowest BCUT2D eigenvalue weighted by molar-refractivity contribution is 0.629. The Morgan fingerprint density at radius 2 is 2.00 bits per heavy atom. The third kappa shape index (κ3) is 2.23. The summed E-state index contributed by atoms with van der Waals surface area (Å²) >= 11 is 0. The Morgan fingerprint density at radius 3 is 2.69 bits per heavy atom. The van der Waals surface area contributed by atoms with E-state index in [0.29, 0.717) is 17.7 Å². The first kappa shape index (κ1) is 10.7. The number of rotatable bonds is 3. The first-order valence-electron chi connectivity index (χ1n) is 4.99. The fourth-order valence-corrected chi connectivity index (χ4v) is 1.55. The van der Waals surface area contributed by atoms with Gasteiger partial charge in [-0.2, -0.15) is 0 Å². The highest BCUT2D eigenvalue weighted by atomic mass is 19.1. The number of halogens is 1. The molecule has 2 rings (SSSR count). The van der Waals surface area contributed by atoms with Gasteiger partial charge in [-0.3, -0.25) is 0 Å². The number of hydrogen-bond acceptors (Lipinski definition) is 3. The Morgan fingerprint density at radius 1 is 1.25 bits per heavy atom. The van der Waals surface area contributed by atoms with E-state index in [1.54, 1.807) is 18.5 Å². The smallest absolute Gasteiger partial charge is 0.131 e. The summed E-state index contributed by atoms with van der Waals surface area (Å²) in [5.41, 5.74) is 2.26. The maximum absolute atomic E-state index is 13.6. The molecule has 2 aromatic rings. The van der Waals surface area contributed by atoms with Crippen molar-refractivity contribution in [3.63, 3.8) is 0 Å². The van der Waals surface area contributed by atoms with E-state index in [9.17, 15) is 4.39 Å². The highest BCUT2D eigenvalue weighted by Crippen LogP contribution is 2.22. The minimum atomic E-state index is -0.255. The van der Waals surface area contributed by atoms with Crippen LogP contribution in [0.25, 0.3) is 11.1 Å². The molecule has 1 aromatic heterocycles. The molecule has 0 atom stereocenters. The van der Waals surface area contributed by atoms with Crippen LogP contribution in [0.5, 0.6) is 0 Å². The predicted molar refractivity (Wildman–Crippen MR) is 60.2 cm³/mol. The standard InChI is InChI=1S/C12H12FN3/c1-14-5-9-2-3-12(13)11(4-9)10-6-15-8-16-7-10/h2-4,6-8,14H,5H2,1H3. The first-order chi connectivity index (χ1) is 7.81. The molecule has 0 fully saturated rings. The molecule has 0 saturated carbocycles. The summed E-state index contributed by atoms with van der Waals surface area (Å²) in [4.78, 5) is 7.77. The molecule has 1 aromatic carbocycles. The molecular weight excluding hydrogens is 205 g/mol. The molecule has 0 radical (unpaired) electrons. The molecule has 82 valence electrons. The van der Waals surface area contributed by atoms with Gasteiger partial charge in [0.1, 0.15) is 12.1 Å². The van der Waals surface area contributed by atoms with Crippen LogP contribution in [0.15, 0.2) is 36.9 Å². The van der Waals surface area contributed by atoms with Crippen LogP contribution < -0.4 is 5.32 Å². The number of aromatic nitrogens is 2. The van der Waals surface area contributed by atoms with Gasteiger partial charge < -0.3 is 5.32 Å². The van der Waals surface area contributed by atoms with E-state index in [1.807, 2.05) is 13.1 Å². The molecule has 4 heteroatoms. The van der Waals surface area contributed by atoms with E-state index in [0.717, 1.165) is 5.56 Å². The van der Waals surface area contributed by atoms with Crippen molar-refractivity contribution in [3.05, 3.63) is 48.3 Å². The van der Waals surface area contributed by atoms with Gasteiger partial charge in [-0.15, -0.1) is 0 Å². The van der Waals surface area contributed by atoms with Gasteiger partial charge in [0.05, 0.1) is 0 Å². The molecule has 0 spiro atoms. The van der Waals surface area contributed by atoms with Crippen LogP contribution in [0.3, 0.4) is 0 Å². The number of nitrogens with one attached hydrogen (secondary N) is 1. The fraction of sp³-hybridized carbons (Fsp3) is 0.167. The van der Waals surface area contributed by atoms with Gasteiger partial charge >= 0.3 is 0 Å². The molecule has 0 unspecified atom stereocenters. The average molecular weight is 217 g/mol. The maximum atomic E-state index is 13.6. The summed E-state index contributed by atoms with van der Waals surface area (Å²) in [5.74, 6) is -0.255. The van der Waals surface area contributed by atoms with Crippen molar-refractivity contribution >= 4 is 0 Å². The lowest BCUT2D eigenvalue weighted by Gasteiger charge is -2.06. The SMILES string of the molecule is CNCc1ccc(F)c(-c2cncnc2)c1. The second-order valence-electron chi connectivity index (χ2n) is 3.47. The normalized spacial score (nSPS) is 10.4. The van der Waals surface area contributed by atoms with Crippen LogP contribution in [0.2, 0.25) is 0 Å². The van der Waals surface area contributed by atoms with Crippen LogP contribution in [0, 0.1) is 5.82 Å². The van der Waals surface area contributed by atoms with Crippen molar-refractivity contribution < 1.29 is 4.39 Å². The first-order valence-corrected chi connectivity index (χ1v) is 4.99. The van der Waals surface area contributed by atoms with E-state index < -0.39 is 0 Å². The van der Waals surface area contributed by atoms with Gasteiger partial charge in [-0.05, 0) is 24.7 Å². The number of hydrogen-bond donors (Lipinski definition) is 1. The van der Waals surface area contributed by atoms with Crippen molar-refractivity contribution in [1.82, 2.24) is 15.3 Å². The summed E-state index contributed by atoms with van der Waals surface area (Å²) in [6, 6.07) is 5.04. The van der Waals surface area contributed by atoms with Gasteiger partial charge in [0.2, 0.25) is 0 Å². The zero-order valence-electron chi connectivity index (χ0n) is 8.94. The van der Waals surface area contributed by atoms with Crippen molar-refractivity contribution in [2.45, 2.75) is 6.54 Å². The van der Waals surface area contributed by atoms with Crippen molar-refractivity contribution in [2.24, 2.45) is 0 Å². The molecule has 3 nitrogen and oxygen atoms in total. The molecule has 1 heterocycles. The second-order valence-corrected chi connectivity index (χ2v) is 3.47. The zero-order valence-corrected chi connectivity index (χ0v) is 8.94. The largest absolute Gasteiger partial charge is 0.316 e. The molecule has 0 saturated heterocycles. The molecule has 0 aliphatic heterocycles. The molecule has 0 aliphatic rings. The number of benzene rings is 1. The molecule has 0 amide bonds. The van der Waals surface area contributed by atoms with Crippen LogP contribution in [0.4, 0.5) is 4.39 Å². The molecule has 0 aliphatic carbocycles. The van der Waals surface area contributed by atoms with E-state index >= 15 is 0 Å². The monoisotopic (exact) mass is 217 g/mol. The highest BCUT2D eigenvalue weighted by Gasteiger charge is 2.06. The lowest BCUT2D eigenvalue weighted by Crippen LogP contribution is -2.05. The lowest BCUT2D eigenvalue weighted by atomic mass is 10.1. The van der Waals surface area contributed by atoms with Crippen LogP contribution in [-0.2, 0) is 6.54 Å². The van der Waals surface area contributed by atoms with Gasteiger partial charge in [0.25, 0.3) is 0 Å². The van der Waals surface area contributed by atoms with E-state index in [4.69, 9.17) is 0 Å². The fourth-order valence-electron chi connectivity index (χ4n) is 1.55. The highest BCUT2D eigenvalue weighted by molar-refractivity contribution is 5.63. The summed E-state index contributed by atoms with van der Waals surface area (Å²) in [5, 5.41) is 3.03. The number of nitrogens with zero attached hydrogens (tertiary/aromatic N) is 2. The topological polar surface area (TPSA) is 37.8 Å². The summed E-state index contributed by atoms with van der Waals surface area (Å²) < 4.78 is 13.6. The Balaban J connectivity index is 2.43. The Hall–Kier alpha value is -1.81. The third-order valence-corrected chi connectivity index (χ3v) is 2.28. The van der Waals surface area contributed by atoms with E-state index in [2.05, 4.69) is 15.3 Å². The quantitative estimate of drug-likeness (QED) is 0.854. The van der Waals surface area contributed by atoms with Crippen LogP contribution >= 0.6 is 0 Å². The van der Waals surface area contributed by atoms with Gasteiger partial charge in [0, 0.05) is 30.1 Å². The predicted octanol–water partition coefficient (Wildman–Crippen LogP) is 2.00. The molecule has 0 bridgehead atoms. The zero-order chi connectivity index (χ0) is 11.4. The molecule has 1 N–H and O–H groups in total. The summed E-state index contributed by atoms with van der Waals surface area (Å²) in [6.45, 7) is 0.709. The minimum Gasteiger partial charge on any atom is -0.316 e. The third-order valence-electron chi connectivity index (χ3n) is 2.28. The average Bonchev–Trinajstić information content (AvgIpc) is 2.33. The molecular formula is C12H12FN3. The van der Waals surface area contributed by atoms with Crippen LogP contribution in [0.1, 0.15) is 5.56 Å². The van der Waals surface area contributed by atoms with Gasteiger partial charge in [-0.25, -0.2) is 14.4 Å². The molecule has 16 heavy (non-hydrogen) atoms. The summed E-state index contributed by atoms with van der Waals surface area (Å²) in [7, 11) is 1.86. The van der Waals surface area contributed by atoms with E-state index in [-0.39, 0.29) is 5.82 Å². The second kappa shape index (κ2) is 4.81.